The van der Waals surface area contributed by atoms with Crippen LogP contribution in [0.15, 0.2) is 53.3 Å². The predicted octanol–water partition coefficient (Wildman–Crippen LogP) is 2.37. The van der Waals surface area contributed by atoms with E-state index in [-0.39, 0.29) is 5.91 Å². The number of para-hydroxylation sites is 1. The molecule has 0 radical (unpaired) electrons. The van der Waals surface area contributed by atoms with Gasteiger partial charge < -0.3 is 14.2 Å². The van der Waals surface area contributed by atoms with Crippen LogP contribution in [0.4, 0.5) is 5.69 Å². The summed E-state index contributed by atoms with van der Waals surface area (Å²) < 4.78 is 5.06. The molecule has 0 bridgehead atoms. The molecule has 0 atom stereocenters. The first-order chi connectivity index (χ1) is 9.16. The zero-order chi connectivity index (χ0) is 13.7. The highest BCUT2D eigenvalue weighted by Crippen LogP contribution is 2.17. The summed E-state index contributed by atoms with van der Waals surface area (Å²) in [5.41, 5.74) is 1.88. The molecule has 0 unspecified atom stereocenters. The van der Waals surface area contributed by atoms with Crippen LogP contribution in [-0.4, -0.2) is 31.4 Å². The van der Waals surface area contributed by atoms with Crippen LogP contribution in [0.3, 0.4) is 0 Å². The summed E-state index contributed by atoms with van der Waals surface area (Å²) in [6, 6.07) is 11.6. The Morgan fingerprint density at radius 3 is 2.47 bits per heavy atom. The fraction of sp³-hybridized carbons (Fsp3) is 0.267. The van der Waals surface area contributed by atoms with Crippen LogP contribution in [-0.2, 0) is 11.3 Å². The summed E-state index contributed by atoms with van der Waals surface area (Å²) >= 11 is 0. The summed E-state index contributed by atoms with van der Waals surface area (Å²) in [6.07, 6.45) is 3.29. The maximum Gasteiger partial charge on any atom is 0.241 e. The number of furan rings is 1. The summed E-state index contributed by atoms with van der Waals surface area (Å²) in [6.45, 7) is 0.903. The van der Waals surface area contributed by atoms with Gasteiger partial charge in [0.1, 0.15) is 0 Å². The third-order valence-electron chi connectivity index (χ3n) is 2.74. The van der Waals surface area contributed by atoms with Crippen LogP contribution in [0.25, 0.3) is 0 Å². The molecule has 0 aliphatic heterocycles. The van der Waals surface area contributed by atoms with Crippen LogP contribution in [0.1, 0.15) is 5.56 Å². The first kappa shape index (κ1) is 13.4. The molecule has 100 valence electrons. The number of anilines is 1. The van der Waals surface area contributed by atoms with Gasteiger partial charge in [0, 0.05) is 11.3 Å². The van der Waals surface area contributed by atoms with Crippen molar-refractivity contribution in [3.63, 3.8) is 0 Å². The quantitative estimate of drug-likeness (QED) is 0.826. The number of hydrogen-bond acceptors (Lipinski definition) is 3. The van der Waals surface area contributed by atoms with Gasteiger partial charge >= 0.3 is 0 Å². The molecule has 4 heteroatoms. The van der Waals surface area contributed by atoms with Gasteiger partial charge in [0.25, 0.3) is 0 Å². The van der Waals surface area contributed by atoms with E-state index in [1.54, 1.807) is 17.4 Å². The van der Waals surface area contributed by atoms with Gasteiger partial charge in [-0.25, -0.2) is 0 Å². The monoisotopic (exact) mass is 258 g/mol. The lowest BCUT2D eigenvalue weighted by atomic mass is 10.2. The van der Waals surface area contributed by atoms with E-state index in [1.165, 1.54) is 0 Å². The van der Waals surface area contributed by atoms with Crippen molar-refractivity contribution in [1.82, 2.24) is 4.90 Å². The van der Waals surface area contributed by atoms with Crippen LogP contribution >= 0.6 is 0 Å². The number of hydrogen-bond donors (Lipinski definition) is 0. The average Bonchev–Trinajstić information content (AvgIpc) is 2.89. The lowest BCUT2D eigenvalue weighted by molar-refractivity contribution is -0.119. The van der Waals surface area contributed by atoms with E-state index in [0.717, 1.165) is 11.3 Å². The van der Waals surface area contributed by atoms with Gasteiger partial charge in [-0.05, 0) is 32.3 Å². The van der Waals surface area contributed by atoms with Crippen molar-refractivity contribution in [3.8, 4) is 0 Å². The lowest BCUT2D eigenvalue weighted by Crippen LogP contribution is -2.37. The number of nitrogens with zero attached hydrogens (tertiary/aromatic N) is 2. The fourth-order valence-corrected chi connectivity index (χ4v) is 1.85. The second kappa shape index (κ2) is 6.20. The van der Waals surface area contributed by atoms with Crippen LogP contribution in [0.2, 0.25) is 0 Å². The minimum atomic E-state index is 0.0670. The normalized spacial score (nSPS) is 10.7. The van der Waals surface area contributed by atoms with Crippen molar-refractivity contribution in [2.24, 2.45) is 0 Å². The van der Waals surface area contributed by atoms with E-state index in [1.807, 2.05) is 55.4 Å². The van der Waals surface area contributed by atoms with Gasteiger partial charge in [0.15, 0.2) is 0 Å². The Kier molecular flexibility index (Phi) is 4.36. The first-order valence-corrected chi connectivity index (χ1v) is 6.18. The van der Waals surface area contributed by atoms with Gasteiger partial charge in [0.05, 0.1) is 25.6 Å². The minimum absolute atomic E-state index is 0.0670. The third-order valence-corrected chi connectivity index (χ3v) is 2.74. The fourth-order valence-electron chi connectivity index (χ4n) is 1.85. The Labute approximate surface area is 113 Å². The molecule has 0 fully saturated rings. The third kappa shape index (κ3) is 3.69. The van der Waals surface area contributed by atoms with E-state index >= 15 is 0 Å². The summed E-state index contributed by atoms with van der Waals surface area (Å²) in [5.74, 6) is 0.0670. The van der Waals surface area contributed by atoms with Crippen LogP contribution in [0, 0.1) is 0 Å². The van der Waals surface area contributed by atoms with Crippen molar-refractivity contribution < 1.29 is 9.21 Å². The highest BCUT2D eigenvalue weighted by molar-refractivity contribution is 5.94. The Morgan fingerprint density at radius 1 is 1.16 bits per heavy atom. The van der Waals surface area contributed by atoms with Crippen molar-refractivity contribution in [2.75, 3.05) is 25.5 Å². The van der Waals surface area contributed by atoms with E-state index in [2.05, 4.69) is 0 Å². The molecule has 0 spiro atoms. The number of amides is 1. The molecule has 19 heavy (non-hydrogen) atoms. The molecular formula is C15H18N2O2. The average molecular weight is 258 g/mol. The Bertz CT molecular complexity index is 506. The zero-order valence-electron chi connectivity index (χ0n) is 11.2. The summed E-state index contributed by atoms with van der Waals surface area (Å²) in [7, 11) is 3.78. The molecule has 2 aromatic rings. The molecule has 2 rings (SSSR count). The Balaban J connectivity index is 2.20. The maximum absolute atomic E-state index is 12.3. The van der Waals surface area contributed by atoms with Gasteiger partial charge in [-0.15, -0.1) is 0 Å². The van der Waals surface area contributed by atoms with Gasteiger partial charge in [-0.1, -0.05) is 18.2 Å². The van der Waals surface area contributed by atoms with Crippen molar-refractivity contribution in [3.05, 3.63) is 54.5 Å². The minimum Gasteiger partial charge on any atom is -0.472 e. The molecule has 0 N–H and O–H groups in total. The number of carbonyl (C=O) groups is 1. The zero-order valence-corrected chi connectivity index (χ0v) is 11.2. The highest BCUT2D eigenvalue weighted by Gasteiger charge is 2.17. The second-order valence-corrected chi connectivity index (χ2v) is 4.68. The van der Waals surface area contributed by atoms with E-state index in [0.29, 0.717) is 13.1 Å². The Hall–Kier alpha value is -2.07. The number of benzene rings is 1. The standard InChI is InChI=1S/C15H18N2O2/c1-16(2)11-15(18)17(10-13-8-9-19-12-13)14-6-4-3-5-7-14/h3-9,12H,10-11H2,1-2H3. The van der Waals surface area contributed by atoms with Crippen molar-refractivity contribution in [2.45, 2.75) is 6.54 Å². The molecular weight excluding hydrogens is 240 g/mol. The summed E-state index contributed by atoms with van der Waals surface area (Å²) in [5, 5.41) is 0. The van der Waals surface area contributed by atoms with Crippen molar-refractivity contribution in [1.29, 1.82) is 0 Å². The molecule has 0 saturated heterocycles. The van der Waals surface area contributed by atoms with E-state index < -0.39 is 0 Å². The SMILES string of the molecule is CN(C)CC(=O)N(Cc1ccoc1)c1ccccc1. The molecule has 0 saturated carbocycles. The Morgan fingerprint density at radius 2 is 1.89 bits per heavy atom. The maximum atomic E-state index is 12.3. The molecule has 1 amide bonds. The molecule has 0 aliphatic carbocycles. The number of likely N-dealkylation sites (N-methyl/N-ethyl adjacent to an activating group) is 1. The van der Waals surface area contributed by atoms with Gasteiger partial charge in [-0.2, -0.15) is 0 Å². The smallest absolute Gasteiger partial charge is 0.241 e. The molecule has 1 aromatic carbocycles. The predicted molar refractivity (Wildman–Crippen MR) is 74.9 cm³/mol. The van der Waals surface area contributed by atoms with Crippen LogP contribution in [0.5, 0.6) is 0 Å². The molecule has 1 aromatic heterocycles. The van der Waals surface area contributed by atoms with Gasteiger partial charge in [0.2, 0.25) is 5.91 Å². The number of rotatable bonds is 5. The molecule has 0 aliphatic rings. The molecule has 1 heterocycles. The van der Waals surface area contributed by atoms with E-state index in [4.69, 9.17) is 4.42 Å². The summed E-state index contributed by atoms with van der Waals surface area (Å²) in [4.78, 5) is 16.0. The van der Waals surface area contributed by atoms with Crippen molar-refractivity contribution >= 4 is 11.6 Å². The largest absolute Gasteiger partial charge is 0.472 e. The van der Waals surface area contributed by atoms with Crippen LogP contribution < -0.4 is 4.90 Å². The molecule has 4 nitrogen and oxygen atoms in total. The first-order valence-electron chi connectivity index (χ1n) is 6.18. The highest BCUT2D eigenvalue weighted by atomic mass is 16.3. The number of carbonyl (C=O) groups excluding carboxylic acids is 1. The second-order valence-electron chi connectivity index (χ2n) is 4.68. The van der Waals surface area contributed by atoms with E-state index in [9.17, 15) is 4.79 Å². The van der Waals surface area contributed by atoms with Gasteiger partial charge in [-0.3, -0.25) is 4.79 Å². The topological polar surface area (TPSA) is 36.7 Å². The lowest BCUT2D eigenvalue weighted by Gasteiger charge is -2.24.